The smallest absolute Gasteiger partial charge is 0.221 e. The van der Waals surface area contributed by atoms with E-state index in [2.05, 4.69) is 6.58 Å². The Balaban J connectivity index is 3.34. The van der Waals surface area contributed by atoms with Crippen molar-refractivity contribution in [1.29, 1.82) is 0 Å². The summed E-state index contributed by atoms with van der Waals surface area (Å²) in [5.41, 5.74) is 1.79. The molecule has 0 aliphatic rings. The van der Waals surface area contributed by atoms with Gasteiger partial charge >= 0.3 is 0 Å². The maximum Gasteiger partial charge on any atom is 0.221 e. The second kappa shape index (κ2) is 6.94. The van der Waals surface area contributed by atoms with E-state index in [1.165, 1.54) is 0 Å². The van der Waals surface area contributed by atoms with Crippen LogP contribution in [0.15, 0.2) is 66.8 Å². The van der Waals surface area contributed by atoms with Crippen LogP contribution < -0.4 is 0 Å². The molecule has 18 heavy (non-hydrogen) atoms. The molecule has 0 saturated heterocycles. The van der Waals surface area contributed by atoms with E-state index in [1.807, 2.05) is 55.5 Å². The van der Waals surface area contributed by atoms with E-state index in [9.17, 15) is 0 Å². The van der Waals surface area contributed by atoms with Gasteiger partial charge in [-0.3, -0.25) is 0 Å². The molecule has 0 N–H and O–H groups in total. The predicted octanol–water partition coefficient (Wildman–Crippen LogP) is 3.82. The third-order valence-electron chi connectivity index (χ3n) is 2.80. The lowest BCUT2D eigenvalue weighted by Crippen LogP contribution is -2.32. The largest absolute Gasteiger partial charge is 0.346 e. The fourth-order valence-electron chi connectivity index (χ4n) is 1.89. The maximum atomic E-state index is 5.63. The molecule has 0 bridgehead atoms. The Bertz CT molecular complexity index is 426. The van der Waals surface area contributed by atoms with Crippen LogP contribution in [-0.4, -0.2) is 14.2 Å². The van der Waals surface area contributed by atoms with Gasteiger partial charge in [0.1, 0.15) is 0 Å². The number of hydrogen-bond acceptors (Lipinski definition) is 2. The number of methoxy groups -OCH3 is 2. The van der Waals surface area contributed by atoms with Crippen molar-refractivity contribution >= 4 is 0 Å². The zero-order chi connectivity index (χ0) is 13.4. The summed E-state index contributed by atoms with van der Waals surface area (Å²) in [5.74, 6) is -0.914. The second-order valence-electron chi connectivity index (χ2n) is 3.74. The van der Waals surface area contributed by atoms with E-state index >= 15 is 0 Å². The highest BCUT2D eigenvalue weighted by atomic mass is 16.7. The second-order valence-corrected chi connectivity index (χ2v) is 3.74. The lowest BCUT2D eigenvalue weighted by Gasteiger charge is -2.32. The van der Waals surface area contributed by atoms with Gasteiger partial charge in [-0.05, 0) is 6.92 Å². The molecule has 0 unspecified atom stereocenters. The third-order valence-corrected chi connectivity index (χ3v) is 2.80. The van der Waals surface area contributed by atoms with Crippen molar-refractivity contribution in [2.75, 3.05) is 14.2 Å². The van der Waals surface area contributed by atoms with Gasteiger partial charge in [0.15, 0.2) is 0 Å². The molecule has 1 rings (SSSR count). The Kier molecular flexibility index (Phi) is 5.56. The van der Waals surface area contributed by atoms with Crippen molar-refractivity contribution in [3.05, 3.63) is 72.4 Å². The molecule has 0 aromatic heterocycles. The Morgan fingerprint density at radius 1 is 1.17 bits per heavy atom. The molecule has 2 nitrogen and oxygen atoms in total. The van der Waals surface area contributed by atoms with Crippen molar-refractivity contribution in [3.63, 3.8) is 0 Å². The molecule has 0 aliphatic carbocycles. The van der Waals surface area contributed by atoms with Gasteiger partial charge in [0, 0.05) is 25.4 Å². The van der Waals surface area contributed by atoms with E-state index in [-0.39, 0.29) is 0 Å². The first-order valence-corrected chi connectivity index (χ1v) is 5.87. The van der Waals surface area contributed by atoms with Crippen LogP contribution in [0.4, 0.5) is 0 Å². The number of ether oxygens (including phenoxy) is 2. The summed E-state index contributed by atoms with van der Waals surface area (Å²) in [7, 11) is 3.26. The standard InChI is InChI=1S/C16H20O2/c1-5-7-11-14(6-2)16(17-3,18-4)15-12-9-8-10-13-15/h5-13H,2H2,1,3-4H3/b7-5-,14-11+. The van der Waals surface area contributed by atoms with E-state index in [4.69, 9.17) is 9.47 Å². The van der Waals surface area contributed by atoms with Crippen LogP contribution in [0, 0.1) is 0 Å². The summed E-state index contributed by atoms with van der Waals surface area (Å²) in [6.45, 7) is 5.80. The first kappa shape index (κ1) is 14.4. The molecule has 0 spiro atoms. The average molecular weight is 244 g/mol. The van der Waals surface area contributed by atoms with Crippen molar-refractivity contribution < 1.29 is 9.47 Å². The molecular weight excluding hydrogens is 224 g/mol. The fourth-order valence-corrected chi connectivity index (χ4v) is 1.89. The quantitative estimate of drug-likeness (QED) is 0.559. The molecular formula is C16H20O2. The normalized spacial score (nSPS) is 12.9. The molecule has 0 fully saturated rings. The van der Waals surface area contributed by atoms with Gasteiger partial charge in [-0.15, -0.1) is 0 Å². The van der Waals surface area contributed by atoms with E-state index in [1.54, 1.807) is 20.3 Å². The monoisotopic (exact) mass is 244 g/mol. The molecule has 1 aromatic rings. The van der Waals surface area contributed by atoms with Gasteiger partial charge < -0.3 is 9.47 Å². The Morgan fingerprint density at radius 2 is 1.78 bits per heavy atom. The zero-order valence-electron chi connectivity index (χ0n) is 11.2. The SMILES string of the molecule is C=C/C(=C\C=C/C)C(OC)(OC)c1ccccc1. The summed E-state index contributed by atoms with van der Waals surface area (Å²) in [4.78, 5) is 0. The number of hydrogen-bond donors (Lipinski definition) is 0. The first-order chi connectivity index (χ1) is 8.75. The molecule has 0 atom stereocenters. The minimum absolute atomic E-state index is 0.858. The highest BCUT2D eigenvalue weighted by Crippen LogP contribution is 2.34. The Hall–Kier alpha value is -1.64. The highest BCUT2D eigenvalue weighted by Gasteiger charge is 2.34. The number of rotatable bonds is 6. The van der Waals surface area contributed by atoms with Crippen molar-refractivity contribution in [3.8, 4) is 0 Å². The van der Waals surface area contributed by atoms with E-state index in [0.29, 0.717) is 0 Å². The molecule has 0 heterocycles. The van der Waals surface area contributed by atoms with Crippen LogP contribution in [0.2, 0.25) is 0 Å². The summed E-state index contributed by atoms with van der Waals surface area (Å²) in [5, 5.41) is 0. The minimum Gasteiger partial charge on any atom is -0.346 e. The zero-order valence-corrected chi connectivity index (χ0v) is 11.2. The maximum absolute atomic E-state index is 5.63. The van der Waals surface area contributed by atoms with Gasteiger partial charge in [0.05, 0.1) is 0 Å². The molecule has 0 amide bonds. The van der Waals surface area contributed by atoms with Crippen LogP contribution in [0.3, 0.4) is 0 Å². The average Bonchev–Trinajstić information content (AvgIpc) is 2.45. The van der Waals surface area contributed by atoms with Crippen LogP contribution >= 0.6 is 0 Å². The van der Waals surface area contributed by atoms with Crippen LogP contribution in [0.1, 0.15) is 12.5 Å². The van der Waals surface area contributed by atoms with Crippen molar-refractivity contribution in [2.24, 2.45) is 0 Å². The lowest BCUT2D eigenvalue weighted by atomic mass is 9.96. The molecule has 0 aliphatic heterocycles. The highest BCUT2D eigenvalue weighted by molar-refractivity contribution is 5.37. The van der Waals surface area contributed by atoms with Crippen molar-refractivity contribution in [1.82, 2.24) is 0 Å². The van der Waals surface area contributed by atoms with Crippen LogP contribution in [0.25, 0.3) is 0 Å². The molecule has 2 heteroatoms. The topological polar surface area (TPSA) is 18.5 Å². The molecule has 0 radical (unpaired) electrons. The molecule has 96 valence electrons. The minimum atomic E-state index is -0.914. The van der Waals surface area contributed by atoms with Crippen molar-refractivity contribution in [2.45, 2.75) is 12.7 Å². The number of allylic oxidation sites excluding steroid dienone is 3. The molecule has 0 saturated carbocycles. The fraction of sp³-hybridized carbons (Fsp3) is 0.250. The summed E-state index contributed by atoms with van der Waals surface area (Å²) in [6.07, 6.45) is 7.57. The van der Waals surface area contributed by atoms with Gasteiger partial charge in [0.25, 0.3) is 0 Å². The van der Waals surface area contributed by atoms with Crippen LogP contribution in [0.5, 0.6) is 0 Å². The van der Waals surface area contributed by atoms with E-state index < -0.39 is 5.79 Å². The molecule has 1 aromatic carbocycles. The lowest BCUT2D eigenvalue weighted by molar-refractivity contribution is -0.184. The van der Waals surface area contributed by atoms with Gasteiger partial charge in [-0.2, -0.15) is 0 Å². The number of benzene rings is 1. The van der Waals surface area contributed by atoms with Gasteiger partial charge in [0.2, 0.25) is 5.79 Å². The summed E-state index contributed by atoms with van der Waals surface area (Å²) < 4.78 is 11.3. The first-order valence-electron chi connectivity index (χ1n) is 5.87. The van der Waals surface area contributed by atoms with Gasteiger partial charge in [-0.25, -0.2) is 0 Å². The third kappa shape index (κ3) is 2.78. The predicted molar refractivity (Wildman–Crippen MR) is 75.2 cm³/mol. The van der Waals surface area contributed by atoms with Crippen LogP contribution in [-0.2, 0) is 15.3 Å². The van der Waals surface area contributed by atoms with Gasteiger partial charge in [-0.1, -0.05) is 61.2 Å². The van der Waals surface area contributed by atoms with E-state index in [0.717, 1.165) is 11.1 Å². The Labute approximate surface area is 109 Å². The Morgan fingerprint density at radius 3 is 2.22 bits per heavy atom. The summed E-state index contributed by atoms with van der Waals surface area (Å²) >= 11 is 0. The summed E-state index contributed by atoms with van der Waals surface area (Å²) in [6, 6.07) is 9.82.